The van der Waals surface area contributed by atoms with Crippen LogP contribution in [0.2, 0.25) is 10.2 Å². The predicted octanol–water partition coefficient (Wildman–Crippen LogP) is 2.67. The Balaban J connectivity index is 2.44. The number of aromatic nitrogens is 2. The lowest BCUT2D eigenvalue weighted by Crippen LogP contribution is -2.24. The van der Waals surface area contributed by atoms with Crippen LogP contribution in [0.4, 0.5) is 0 Å². The Morgan fingerprint density at radius 2 is 2.00 bits per heavy atom. The molecule has 76 valence electrons. The van der Waals surface area contributed by atoms with Gasteiger partial charge < -0.3 is 0 Å². The number of hydrogen-bond donors (Lipinski definition) is 0. The van der Waals surface area contributed by atoms with E-state index in [1.807, 2.05) is 0 Å². The smallest absolute Gasteiger partial charge is 0.273 e. The molecule has 0 bridgehead atoms. The first kappa shape index (κ1) is 9.99. The standard InChI is InChI=1S/C9H10Cl2N2O/c10-7-8(11)12-5-13(9(7)14)6-3-1-2-4-6/h5-6H,1-4H2. The third-order valence-corrected chi connectivity index (χ3v) is 3.34. The van der Waals surface area contributed by atoms with E-state index in [2.05, 4.69) is 4.98 Å². The molecule has 1 aromatic heterocycles. The molecule has 0 aromatic carbocycles. The minimum Gasteiger partial charge on any atom is -0.295 e. The van der Waals surface area contributed by atoms with Gasteiger partial charge in [-0.3, -0.25) is 9.36 Å². The Bertz CT molecular complexity index is 396. The van der Waals surface area contributed by atoms with Crippen LogP contribution >= 0.6 is 23.2 Å². The molecule has 0 spiro atoms. The van der Waals surface area contributed by atoms with Crippen LogP contribution in [0.1, 0.15) is 31.7 Å². The number of hydrogen-bond acceptors (Lipinski definition) is 2. The highest BCUT2D eigenvalue weighted by atomic mass is 35.5. The van der Waals surface area contributed by atoms with Crippen molar-refractivity contribution in [3.63, 3.8) is 0 Å². The van der Waals surface area contributed by atoms with Gasteiger partial charge in [-0.25, -0.2) is 4.98 Å². The van der Waals surface area contributed by atoms with Gasteiger partial charge in [0.05, 0.1) is 6.33 Å². The molecule has 1 saturated carbocycles. The molecule has 0 saturated heterocycles. The Labute approximate surface area is 91.7 Å². The highest BCUT2D eigenvalue weighted by Gasteiger charge is 2.19. The molecule has 1 aliphatic rings. The molecule has 1 aliphatic carbocycles. The second kappa shape index (κ2) is 3.91. The monoisotopic (exact) mass is 232 g/mol. The van der Waals surface area contributed by atoms with E-state index in [1.54, 1.807) is 4.57 Å². The molecular formula is C9H10Cl2N2O. The molecule has 14 heavy (non-hydrogen) atoms. The van der Waals surface area contributed by atoms with Crippen molar-refractivity contribution >= 4 is 23.2 Å². The van der Waals surface area contributed by atoms with Crippen LogP contribution in [0.5, 0.6) is 0 Å². The van der Waals surface area contributed by atoms with E-state index in [0.29, 0.717) is 0 Å². The van der Waals surface area contributed by atoms with E-state index in [1.165, 1.54) is 6.33 Å². The summed E-state index contributed by atoms with van der Waals surface area (Å²) in [5.74, 6) is 0. The molecule has 0 amide bonds. The summed E-state index contributed by atoms with van der Waals surface area (Å²) in [5.41, 5.74) is -0.224. The molecule has 0 atom stereocenters. The van der Waals surface area contributed by atoms with E-state index in [9.17, 15) is 4.79 Å². The maximum Gasteiger partial charge on any atom is 0.273 e. The van der Waals surface area contributed by atoms with Crippen molar-refractivity contribution in [3.8, 4) is 0 Å². The summed E-state index contributed by atoms with van der Waals surface area (Å²) < 4.78 is 1.60. The molecule has 2 rings (SSSR count). The molecule has 3 nitrogen and oxygen atoms in total. The highest BCUT2D eigenvalue weighted by molar-refractivity contribution is 6.40. The lowest BCUT2D eigenvalue weighted by Gasteiger charge is -2.12. The molecule has 1 aromatic rings. The van der Waals surface area contributed by atoms with Crippen molar-refractivity contribution in [3.05, 3.63) is 26.9 Å². The van der Waals surface area contributed by atoms with Gasteiger partial charge in [-0.05, 0) is 12.8 Å². The van der Waals surface area contributed by atoms with Gasteiger partial charge in [0.15, 0.2) is 5.15 Å². The number of nitrogens with zero attached hydrogens (tertiary/aromatic N) is 2. The highest BCUT2D eigenvalue weighted by Crippen LogP contribution is 2.28. The quantitative estimate of drug-likeness (QED) is 0.699. The van der Waals surface area contributed by atoms with Crippen LogP contribution in [-0.4, -0.2) is 9.55 Å². The zero-order chi connectivity index (χ0) is 10.1. The van der Waals surface area contributed by atoms with Gasteiger partial charge in [0, 0.05) is 6.04 Å². The second-order valence-electron chi connectivity index (χ2n) is 3.50. The van der Waals surface area contributed by atoms with Crippen molar-refractivity contribution < 1.29 is 0 Å². The summed E-state index contributed by atoms with van der Waals surface area (Å²) in [6.07, 6.45) is 5.88. The first-order valence-corrected chi connectivity index (χ1v) is 5.38. The summed E-state index contributed by atoms with van der Waals surface area (Å²) in [6, 6.07) is 0.254. The van der Waals surface area contributed by atoms with Crippen LogP contribution < -0.4 is 5.56 Å². The van der Waals surface area contributed by atoms with Gasteiger partial charge in [-0.1, -0.05) is 36.0 Å². The largest absolute Gasteiger partial charge is 0.295 e. The number of rotatable bonds is 1. The fourth-order valence-electron chi connectivity index (χ4n) is 1.87. The van der Waals surface area contributed by atoms with Gasteiger partial charge in [0.25, 0.3) is 5.56 Å². The molecule has 0 unspecified atom stereocenters. The first-order valence-electron chi connectivity index (χ1n) is 4.62. The Kier molecular flexibility index (Phi) is 2.79. The molecule has 5 heteroatoms. The summed E-state index contributed by atoms with van der Waals surface area (Å²) >= 11 is 11.4. The van der Waals surface area contributed by atoms with Crippen LogP contribution in [0.15, 0.2) is 11.1 Å². The summed E-state index contributed by atoms with van der Waals surface area (Å²) in [6.45, 7) is 0. The second-order valence-corrected chi connectivity index (χ2v) is 4.24. The van der Waals surface area contributed by atoms with Gasteiger partial charge in [-0.2, -0.15) is 0 Å². The van der Waals surface area contributed by atoms with E-state index < -0.39 is 0 Å². The summed E-state index contributed by atoms with van der Waals surface area (Å²) in [4.78, 5) is 15.6. The Morgan fingerprint density at radius 1 is 1.36 bits per heavy atom. The minimum absolute atomic E-state index is 0.0288. The predicted molar refractivity (Wildman–Crippen MR) is 56.0 cm³/mol. The molecule has 0 N–H and O–H groups in total. The maximum absolute atomic E-state index is 11.7. The van der Waals surface area contributed by atoms with E-state index in [0.717, 1.165) is 25.7 Å². The normalized spacial score (nSPS) is 17.6. The van der Waals surface area contributed by atoms with Gasteiger partial charge >= 0.3 is 0 Å². The Morgan fingerprint density at radius 3 is 2.64 bits per heavy atom. The average molecular weight is 233 g/mol. The Hall–Kier alpha value is -0.540. The van der Waals surface area contributed by atoms with Crippen molar-refractivity contribution in [1.29, 1.82) is 0 Å². The van der Waals surface area contributed by atoms with E-state index in [-0.39, 0.29) is 21.8 Å². The maximum atomic E-state index is 11.7. The topological polar surface area (TPSA) is 34.9 Å². The molecule has 0 radical (unpaired) electrons. The van der Waals surface area contributed by atoms with Crippen LogP contribution in [0, 0.1) is 0 Å². The lowest BCUT2D eigenvalue weighted by atomic mass is 10.2. The first-order chi connectivity index (χ1) is 6.70. The van der Waals surface area contributed by atoms with Crippen LogP contribution in [-0.2, 0) is 0 Å². The zero-order valence-electron chi connectivity index (χ0n) is 7.54. The molecule has 1 heterocycles. The van der Waals surface area contributed by atoms with Gasteiger partial charge in [-0.15, -0.1) is 0 Å². The number of halogens is 2. The molecule has 0 aliphatic heterocycles. The van der Waals surface area contributed by atoms with E-state index in [4.69, 9.17) is 23.2 Å². The van der Waals surface area contributed by atoms with Crippen LogP contribution in [0.25, 0.3) is 0 Å². The van der Waals surface area contributed by atoms with Crippen molar-refractivity contribution in [2.24, 2.45) is 0 Å². The van der Waals surface area contributed by atoms with Crippen molar-refractivity contribution in [2.75, 3.05) is 0 Å². The third-order valence-electron chi connectivity index (χ3n) is 2.62. The van der Waals surface area contributed by atoms with Crippen molar-refractivity contribution in [2.45, 2.75) is 31.7 Å². The molecular weight excluding hydrogens is 223 g/mol. The fourth-order valence-corrected chi connectivity index (χ4v) is 2.14. The van der Waals surface area contributed by atoms with Gasteiger partial charge in [0.1, 0.15) is 5.02 Å². The van der Waals surface area contributed by atoms with Crippen LogP contribution in [0.3, 0.4) is 0 Å². The summed E-state index contributed by atoms with van der Waals surface area (Å²) in [7, 11) is 0. The average Bonchev–Trinajstić information content (AvgIpc) is 2.67. The minimum atomic E-state index is -0.224. The summed E-state index contributed by atoms with van der Waals surface area (Å²) in [5, 5.41) is 0.118. The lowest BCUT2D eigenvalue weighted by molar-refractivity contribution is 0.495. The zero-order valence-corrected chi connectivity index (χ0v) is 9.05. The molecule has 1 fully saturated rings. The van der Waals surface area contributed by atoms with Gasteiger partial charge in [0.2, 0.25) is 0 Å². The third kappa shape index (κ3) is 1.66. The van der Waals surface area contributed by atoms with E-state index >= 15 is 0 Å². The fraction of sp³-hybridized carbons (Fsp3) is 0.556. The SMILES string of the molecule is O=c1c(Cl)c(Cl)ncn1C1CCCC1. The van der Waals surface area contributed by atoms with Crippen molar-refractivity contribution in [1.82, 2.24) is 9.55 Å².